The molecule has 2 aromatic heterocycles. The standard InChI is InChI=1S/C49H31N3O/c1-3-12-35(13-4-1)49(42-19-9-7-16-39(42)40-17-8-10-20-43(40)49)36-26-22-32(23-27-36)38-18-11-21-47-48(38)41-30-33(25-29-46(41)53-47)34-24-28-44-45(31-34)51-52(50-44)37-14-5-2-6-15-37/h1-31H. The molecule has 0 spiro atoms. The number of para-hydroxylation sites is 1. The summed E-state index contributed by atoms with van der Waals surface area (Å²) in [5, 5.41) is 11.7. The third-order valence-electron chi connectivity index (χ3n) is 11.0. The largest absolute Gasteiger partial charge is 0.456 e. The van der Waals surface area contributed by atoms with E-state index in [0.717, 1.165) is 60.9 Å². The smallest absolute Gasteiger partial charge is 0.136 e. The van der Waals surface area contributed by atoms with Gasteiger partial charge in [0.1, 0.15) is 22.2 Å². The van der Waals surface area contributed by atoms with E-state index in [1.807, 2.05) is 36.4 Å². The van der Waals surface area contributed by atoms with E-state index >= 15 is 0 Å². The molecule has 0 unspecified atom stereocenters. The van der Waals surface area contributed by atoms with E-state index in [2.05, 4.69) is 152 Å². The molecular formula is C49H31N3O. The molecular weight excluding hydrogens is 647 g/mol. The van der Waals surface area contributed by atoms with Crippen LogP contribution in [0.4, 0.5) is 0 Å². The monoisotopic (exact) mass is 677 g/mol. The fraction of sp³-hybridized carbons (Fsp3) is 0.0204. The van der Waals surface area contributed by atoms with Crippen molar-refractivity contribution in [1.82, 2.24) is 15.0 Å². The maximum absolute atomic E-state index is 6.46. The zero-order chi connectivity index (χ0) is 34.9. The van der Waals surface area contributed by atoms with Crippen LogP contribution in [0, 0.1) is 0 Å². The van der Waals surface area contributed by atoms with Gasteiger partial charge in [0.05, 0.1) is 11.1 Å². The molecule has 0 atom stereocenters. The van der Waals surface area contributed by atoms with Gasteiger partial charge < -0.3 is 4.42 Å². The number of hydrogen-bond donors (Lipinski definition) is 0. The van der Waals surface area contributed by atoms with Gasteiger partial charge in [-0.25, -0.2) is 0 Å². The number of benzene rings is 8. The summed E-state index contributed by atoms with van der Waals surface area (Å²) in [4.78, 5) is 1.70. The predicted octanol–water partition coefficient (Wildman–Crippen LogP) is 12.0. The number of aromatic nitrogens is 3. The Morgan fingerprint density at radius 2 is 1.00 bits per heavy atom. The molecule has 0 fully saturated rings. The van der Waals surface area contributed by atoms with Gasteiger partial charge in [0, 0.05) is 10.8 Å². The van der Waals surface area contributed by atoms with Gasteiger partial charge in [-0.05, 0) is 98.1 Å². The lowest BCUT2D eigenvalue weighted by molar-refractivity contribution is 0.669. The van der Waals surface area contributed by atoms with Crippen molar-refractivity contribution >= 4 is 33.0 Å². The lowest BCUT2D eigenvalue weighted by Crippen LogP contribution is -2.28. The van der Waals surface area contributed by atoms with Crippen molar-refractivity contribution in [3.8, 4) is 39.1 Å². The third kappa shape index (κ3) is 4.42. The van der Waals surface area contributed by atoms with Crippen molar-refractivity contribution in [2.24, 2.45) is 0 Å². The first kappa shape index (κ1) is 29.7. The molecule has 0 saturated heterocycles. The van der Waals surface area contributed by atoms with E-state index in [-0.39, 0.29) is 0 Å². The fourth-order valence-corrected chi connectivity index (χ4v) is 8.63. The van der Waals surface area contributed by atoms with Crippen LogP contribution in [-0.4, -0.2) is 15.0 Å². The molecule has 11 rings (SSSR count). The van der Waals surface area contributed by atoms with Crippen LogP contribution in [0.2, 0.25) is 0 Å². The van der Waals surface area contributed by atoms with Crippen LogP contribution in [0.5, 0.6) is 0 Å². The van der Waals surface area contributed by atoms with E-state index < -0.39 is 5.41 Å². The van der Waals surface area contributed by atoms with Crippen LogP contribution < -0.4 is 0 Å². The second kappa shape index (κ2) is 11.5. The maximum Gasteiger partial charge on any atom is 0.136 e. The van der Waals surface area contributed by atoms with Crippen molar-refractivity contribution in [2.45, 2.75) is 5.41 Å². The number of nitrogens with zero attached hydrogens (tertiary/aromatic N) is 3. The molecule has 4 nitrogen and oxygen atoms in total. The van der Waals surface area contributed by atoms with E-state index in [0.29, 0.717) is 0 Å². The number of furan rings is 1. The minimum Gasteiger partial charge on any atom is -0.456 e. The van der Waals surface area contributed by atoms with E-state index in [1.165, 1.54) is 33.4 Å². The maximum atomic E-state index is 6.46. The quantitative estimate of drug-likeness (QED) is 0.182. The van der Waals surface area contributed by atoms with Crippen molar-refractivity contribution < 1.29 is 4.42 Å². The molecule has 0 saturated carbocycles. The molecule has 1 aliphatic rings. The van der Waals surface area contributed by atoms with Gasteiger partial charge in [-0.3, -0.25) is 0 Å². The zero-order valence-electron chi connectivity index (χ0n) is 28.6. The summed E-state index contributed by atoms with van der Waals surface area (Å²) in [7, 11) is 0. The average Bonchev–Trinajstić information content (AvgIpc) is 3.92. The Kier molecular flexibility index (Phi) is 6.43. The molecule has 2 heterocycles. The Hall–Kier alpha value is -7.04. The summed E-state index contributed by atoms with van der Waals surface area (Å²) in [6, 6.07) is 67.0. The van der Waals surface area contributed by atoms with Gasteiger partial charge in [-0.1, -0.05) is 146 Å². The van der Waals surface area contributed by atoms with Crippen LogP contribution in [0.25, 0.3) is 72.0 Å². The van der Waals surface area contributed by atoms with Crippen molar-refractivity contribution in [1.29, 1.82) is 0 Å². The molecule has 0 aliphatic heterocycles. The van der Waals surface area contributed by atoms with Crippen LogP contribution in [0.3, 0.4) is 0 Å². The predicted molar refractivity (Wildman–Crippen MR) is 214 cm³/mol. The number of fused-ring (bicyclic) bond motifs is 7. The second-order valence-corrected chi connectivity index (χ2v) is 13.8. The van der Waals surface area contributed by atoms with Crippen LogP contribution >= 0.6 is 0 Å². The lowest BCUT2D eigenvalue weighted by atomic mass is 9.67. The summed E-state index contributed by atoms with van der Waals surface area (Å²) in [5.74, 6) is 0. The Labute approximate surface area is 306 Å². The molecule has 4 heteroatoms. The van der Waals surface area contributed by atoms with Crippen LogP contribution in [0.1, 0.15) is 22.3 Å². The molecule has 8 aromatic carbocycles. The van der Waals surface area contributed by atoms with Gasteiger partial charge in [-0.15, -0.1) is 10.2 Å². The first-order valence-electron chi connectivity index (χ1n) is 18.0. The topological polar surface area (TPSA) is 43.9 Å². The van der Waals surface area contributed by atoms with Gasteiger partial charge >= 0.3 is 0 Å². The van der Waals surface area contributed by atoms with E-state index in [1.54, 1.807) is 4.80 Å². The van der Waals surface area contributed by atoms with Gasteiger partial charge in [0.15, 0.2) is 0 Å². The van der Waals surface area contributed by atoms with Crippen LogP contribution in [0.15, 0.2) is 192 Å². The van der Waals surface area contributed by atoms with Crippen LogP contribution in [-0.2, 0) is 5.41 Å². The first-order chi connectivity index (χ1) is 26.3. The molecule has 10 aromatic rings. The highest BCUT2D eigenvalue weighted by molar-refractivity contribution is 6.13. The molecule has 1 aliphatic carbocycles. The summed E-state index contributed by atoms with van der Waals surface area (Å²) < 4.78 is 6.46. The number of hydrogen-bond acceptors (Lipinski definition) is 3. The normalized spacial score (nSPS) is 13.1. The Morgan fingerprint density at radius 1 is 0.415 bits per heavy atom. The Bertz CT molecular complexity index is 2950. The highest BCUT2D eigenvalue weighted by Gasteiger charge is 2.45. The van der Waals surface area contributed by atoms with Gasteiger partial charge in [0.25, 0.3) is 0 Å². The molecule has 0 bridgehead atoms. The Morgan fingerprint density at radius 3 is 1.75 bits per heavy atom. The summed E-state index contributed by atoms with van der Waals surface area (Å²) in [6.07, 6.45) is 0. The van der Waals surface area contributed by atoms with E-state index in [4.69, 9.17) is 14.6 Å². The molecule has 0 radical (unpaired) electrons. The average molecular weight is 678 g/mol. The van der Waals surface area contributed by atoms with Gasteiger partial charge in [-0.2, -0.15) is 4.80 Å². The minimum atomic E-state index is -0.427. The lowest BCUT2D eigenvalue weighted by Gasteiger charge is -2.34. The summed E-state index contributed by atoms with van der Waals surface area (Å²) in [6.45, 7) is 0. The highest BCUT2D eigenvalue weighted by Crippen LogP contribution is 2.56. The first-order valence-corrected chi connectivity index (χ1v) is 18.0. The fourth-order valence-electron chi connectivity index (χ4n) is 8.63. The number of rotatable bonds is 5. The molecule has 0 amide bonds. The van der Waals surface area contributed by atoms with E-state index in [9.17, 15) is 0 Å². The minimum absolute atomic E-state index is 0.427. The molecule has 248 valence electrons. The van der Waals surface area contributed by atoms with Crippen molar-refractivity contribution in [3.63, 3.8) is 0 Å². The second-order valence-electron chi connectivity index (χ2n) is 13.8. The summed E-state index contributed by atoms with van der Waals surface area (Å²) >= 11 is 0. The SMILES string of the molecule is c1ccc(-n2nc3ccc(-c4ccc5oc6cccc(-c7ccc(C8(c9ccccc9)c9ccccc9-c9ccccc98)cc7)c6c5c4)cc3n2)cc1. The third-order valence-corrected chi connectivity index (χ3v) is 11.0. The zero-order valence-corrected chi connectivity index (χ0v) is 28.6. The van der Waals surface area contributed by atoms with Gasteiger partial charge in [0.2, 0.25) is 0 Å². The highest BCUT2D eigenvalue weighted by atomic mass is 16.3. The van der Waals surface area contributed by atoms with Crippen molar-refractivity contribution in [3.05, 3.63) is 210 Å². The molecule has 0 N–H and O–H groups in total. The summed E-state index contributed by atoms with van der Waals surface area (Å²) in [5.41, 5.74) is 16.2. The van der Waals surface area contributed by atoms with Crippen molar-refractivity contribution in [2.75, 3.05) is 0 Å². The Balaban J connectivity index is 1.04. The molecule has 53 heavy (non-hydrogen) atoms.